The number of nitrogens with two attached hydrogens (primary N) is 1. The fourth-order valence-corrected chi connectivity index (χ4v) is 2.51. The number of piperidine rings is 1. The van der Waals surface area contributed by atoms with Gasteiger partial charge in [0.2, 0.25) is 0 Å². The molecule has 0 amide bonds. The molecule has 21 heavy (non-hydrogen) atoms. The second-order valence-corrected chi connectivity index (χ2v) is 5.37. The fourth-order valence-electron chi connectivity index (χ4n) is 2.51. The van der Waals surface area contributed by atoms with E-state index in [4.69, 9.17) is 20.3 Å². The number of likely N-dealkylation sites (N-methyl/N-ethyl adjacent to an activating group) is 1. The molecule has 0 spiro atoms. The number of carboxylic acid groups (broad SMARTS) is 1. The van der Waals surface area contributed by atoms with Crippen LogP contribution in [0.4, 0.5) is 0 Å². The van der Waals surface area contributed by atoms with Crippen molar-refractivity contribution in [2.24, 2.45) is 5.73 Å². The number of nitrogens with zero attached hydrogens (tertiary/aromatic N) is 1. The Balaban J connectivity index is 2.14. The molecule has 1 saturated heterocycles. The van der Waals surface area contributed by atoms with Crippen molar-refractivity contribution in [2.75, 3.05) is 27.2 Å². The van der Waals surface area contributed by atoms with Gasteiger partial charge in [-0.1, -0.05) is 6.07 Å². The summed E-state index contributed by atoms with van der Waals surface area (Å²) in [5.74, 6) is 0.0659. The summed E-state index contributed by atoms with van der Waals surface area (Å²) >= 11 is 0. The summed E-state index contributed by atoms with van der Waals surface area (Å²) in [7, 11) is 3.60. The summed E-state index contributed by atoms with van der Waals surface area (Å²) in [6.07, 6.45) is 2.23. The van der Waals surface area contributed by atoms with Crippen LogP contribution in [-0.2, 0) is 4.79 Å². The van der Waals surface area contributed by atoms with Gasteiger partial charge < -0.3 is 25.2 Å². The lowest BCUT2D eigenvalue weighted by Gasteiger charge is -2.30. The SMILES string of the molecule is COc1cc(C(N)C(=O)O)ccc1OC1CCCN(C)C1. The third-order valence-corrected chi connectivity index (χ3v) is 3.69. The van der Waals surface area contributed by atoms with E-state index in [2.05, 4.69) is 11.9 Å². The molecule has 1 aromatic rings. The van der Waals surface area contributed by atoms with E-state index in [0.717, 1.165) is 25.9 Å². The zero-order chi connectivity index (χ0) is 15.4. The van der Waals surface area contributed by atoms with E-state index in [1.54, 1.807) is 18.2 Å². The van der Waals surface area contributed by atoms with E-state index in [-0.39, 0.29) is 6.10 Å². The molecular weight excluding hydrogens is 272 g/mol. The third-order valence-electron chi connectivity index (χ3n) is 3.69. The molecule has 1 heterocycles. The molecule has 0 saturated carbocycles. The summed E-state index contributed by atoms with van der Waals surface area (Å²) in [6, 6.07) is 3.96. The maximum Gasteiger partial charge on any atom is 0.325 e. The second-order valence-electron chi connectivity index (χ2n) is 5.37. The molecule has 1 aromatic carbocycles. The monoisotopic (exact) mass is 294 g/mol. The first-order valence-corrected chi connectivity index (χ1v) is 7.02. The van der Waals surface area contributed by atoms with Crippen molar-refractivity contribution in [3.8, 4) is 11.5 Å². The number of likely N-dealkylation sites (tertiary alicyclic amines) is 1. The molecule has 3 N–H and O–H groups in total. The van der Waals surface area contributed by atoms with Crippen molar-refractivity contribution in [1.29, 1.82) is 0 Å². The number of aliphatic carboxylic acids is 1. The summed E-state index contributed by atoms with van der Waals surface area (Å²) in [6.45, 7) is 1.96. The first kappa shape index (κ1) is 15.6. The van der Waals surface area contributed by atoms with Crippen LogP contribution in [0.3, 0.4) is 0 Å². The molecule has 2 unspecified atom stereocenters. The van der Waals surface area contributed by atoms with E-state index < -0.39 is 12.0 Å². The maximum atomic E-state index is 10.9. The van der Waals surface area contributed by atoms with Crippen molar-refractivity contribution < 1.29 is 19.4 Å². The van der Waals surface area contributed by atoms with E-state index in [0.29, 0.717) is 17.1 Å². The number of hydrogen-bond acceptors (Lipinski definition) is 5. The molecule has 2 atom stereocenters. The van der Waals surface area contributed by atoms with Crippen LogP contribution >= 0.6 is 0 Å². The van der Waals surface area contributed by atoms with Crippen molar-refractivity contribution in [3.63, 3.8) is 0 Å². The Labute approximate surface area is 124 Å². The predicted molar refractivity (Wildman–Crippen MR) is 78.7 cm³/mol. The first-order valence-electron chi connectivity index (χ1n) is 7.02. The highest BCUT2D eigenvalue weighted by atomic mass is 16.5. The van der Waals surface area contributed by atoms with Crippen molar-refractivity contribution in [3.05, 3.63) is 23.8 Å². The van der Waals surface area contributed by atoms with Crippen LogP contribution in [0.2, 0.25) is 0 Å². The second kappa shape index (κ2) is 6.78. The predicted octanol–water partition coefficient (Wildman–Crippen LogP) is 1.25. The molecular formula is C15H22N2O4. The van der Waals surface area contributed by atoms with Gasteiger partial charge in [-0.25, -0.2) is 0 Å². The Morgan fingerprint density at radius 2 is 2.24 bits per heavy atom. The number of rotatable bonds is 5. The van der Waals surface area contributed by atoms with Crippen LogP contribution in [0, 0.1) is 0 Å². The van der Waals surface area contributed by atoms with Gasteiger partial charge in [0.1, 0.15) is 12.1 Å². The van der Waals surface area contributed by atoms with E-state index in [1.807, 2.05) is 0 Å². The smallest absolute Gasteiger partial charge is 0.325 e. The highest BCUT2D eigenvalue weighted by Crippen LogP contribution is 2.31. The van der Waals surface area contributed by atoms with Crippen LogP contribution in [-0.4, -0.2) is 49.3 Å². The lowest BCUT2D eigenvalue weighted by molar-refractivity contribution is -0.138. The largest absolute Gasteiger partial charge is 0.493 e. The molecule has 116 valence electrons. The van der Waals surface area contributed by atoms with E-state index in [9.17, 15) is 4.79 Å². The Morgan fingerprint density at radius 1 is 1.48 bits per heavy atom. The topological polar surface area (TPSA) is 85.0 Å². The molecule has 1 aliphatic heterocycles. The van der Waals surface area contributed by atoms with Gasteiger partial charge in [0.15, 0.2) is 11.5 Å². The standard InChI is InChI=1S/C15H22N2O4/c1-17-7-3-4-11(9-17)21-12-6-5-10(8-13(12)20-2)14(16)15(18)19/h5-6,8,11,14H,3-4,7,9,16H2,1-2H3,(H,18,19). The number of carboxylic acids is 1. The van der Waals surface area contributed by atoms with Gasteiger partial charge >= 0.3 is 5.97 Å². The van der Waals surface area contributed by atoms with Crippen molar-refractivity contribution in [1.82, 2.24) is 4.90 Å². The molecule has 0 bridgehead atoms. The molecule has 6 heteroatoms. The van der Waals surface area contributed by atoms with Crippen LogP contribution < -0.4 is 15.2 Å². The van der Waals surface area contributed by atoms with Gasteiger partial charge in [0.05, 0.1) is 7.11 Å². The Hall–Kier alpha value is -1.79. The molecule has 0 aliphatic carbocycles. The zero-order valence-electron chi connectivity index (χ0n) is 12.4. The Kier molecular flexibility index (Phi) is 5.03. The Morgan fingerprint density at radius 3 is 2.86 bits per heavy atom. The highest BCUT2D eigenvalue weighted by molar-refractivity contribution is 5.75. The zero-order valence-corrected chi connectivity index (χ0v) is 12.4. The van der Waals surface area contributed by atoms with E-state index >= 15 is 0 Å². The summed E-state index contributed by atoms with van der Waals surface area (Å²) in [5, 5.41) is 8.96. The number of ether oxygens (including phenoxy) is 2. The summed E-state index contributed by atoms with van der Waals surface area (Å²) < 4.78 is 11.3. The lowest BCUT2D eigenvalue weighted by Crippen LogP contribution is -2.38. The quantitative estimate of drug-likeness (QED) is 0.850. The van der Waals surface area contributed by atoms with Crippen LogP contribution in [0.15, 0.2) is 18.2 Å². The minimum absolute atomic E-state index is 0.122. The van der Waals surface area contributed by atoms with Gasteiger partial charge in [0, 0.05) is 6.54 Å². The maximum absolute atomic E-state index is 10.9. The highest BCUT2D eigenvalue weighted by Gasteiger charge is 2.21. The normalized spacial score (nSPS) is 20.8. The van der Waals surface area contributed by atoms with Crippen molar-refractivity contribution >= 4 is 5.97 Å². The molecule has 0 radical (unpaired) electrons. The van der Waals surface area contributed by atoms with Crippen LogP contribution in [0.25, 0.3) is 0 Å². The van der Waals surface area contributed by atoms with E-state index in [1.165, 1.54) is 7.11 Å². The van der Waals surface area contributed by atoms with Crippen molar-refractivity contribution in [2.45, 2.75) is 25.0 Å². The fraction of sp³-hybridized carbons (Fsp3) is 0.533. The first-order chi connectivity index (χ1) is 10.0. The minimum atomic E-state index is -1.07. The van der Waals surface area contributed by atoms with Gasteiger partial charge in [-0.05, 0) is 44.1 Å². The number of hydrogen-bond donors (Lipinski definition) is 2. The van der Waals surface area contributed by atoms with Gasteiger partial charge in [-0.3, -0.25) is 4.79 Å². The molecule has 1 aliphatic rings. The molecule has 0 aromatic heterocycles. The molecule has 1 fully saturated rings. The number of benzene rings is 1. The third kappa shape index (κ3) is 3.86. The minimum Gasteiger partial charge on any atom is -0.493 e. The summed E-state index contributed by atoms with van der Waals surface area (Å²) in [5.41, 5.74) is 6.10. The summed E-state index contributed by atoms with van der Waals surface area (Å²) in [4.78, 5) is 13.2. The number of methoxy groups -OCH3 is 1. The Bertz CT molecular complexity index is 506. The number of carbonyl (C=O) groups is 1. The average Bonchev–Trinajstić information content (AvgIpc) is 2.46. The molecule has 2 rings (SSSR count). The average molecular weight is 294 g/mol. The van der Waals surface area contributed by atoms with Crippen LogP contribution in [0.1, 0.15) is 24.4 Å². The van der Waals surface area contributed by atoms with Crippen LogP contribution in [0.5, 0.6) is 11.5 Å². The lowest BCUT2D eigenvalue weighted by atomic mass is 10.1. The van der Waals surface area contributed by atoms with Gasteiger partial charge in [-0.15, -0.1) is 0 Å². The van der Waals surface area contributed by atoms with Gasteiger partial charge in [-0.2, -0.15) is 0 Å². The van der Waals surface area contributed by atoms with Gasteiger partial charge in [0.25, 0.3) is 0 Å². The molecule has 6 nitrogen and oxygen atoms in total.